The Hall–Kier alpha value is -1.90. The predicted octanol–water partition coefficient (Wildman–Crippen LogP) is 1.99. The smallest absolute Gasteiger partial charge is 0.338 e. The van der Waals surface area contributed by atoms with Gasteiger partial charge in [0, 0.05) is 5.92 Å². The van der Waals surface area contributed by atoms with Crippen molar-refractivity contribution in [3.8, 4) is 0 Å². The molecule has 0 saturated heterocycles. The van der Waals surface area contributed by atoms with Gasteiger partial charge in [0.25, 0.3) is 0 Å². The van der Waals surface area contributed by atoms with Crippen LogP contribution in [-0.2, 0) is 9.53 Å². The molecule has 0 heterocycles. The summed E-state index contributed by atoms with van der Waals surface area (Å²) in [5.74, 6) is -0.401. The van der Waals surface area contributed by atoms with Gasteiger partial charge < -0.3 is 4.74 Å². The van der Waals surface area contributed by atoms with Gasteiger partial charge >= 0.3 is 5.97 Å². The van der Waals surface area contributed by atoms with Gasteiger partial charge in [-0.25, -0.2) is 4.79 Å². The fourth-order valence-corrected chi connectivity index (χ4v) is 2.49. The van der Waals surface area contributed by atoms with Crippen molar-refractivity contribution in [1.82, 2.24) is 0 Å². The molecule has 3 nitrogen and oxygen atoms in total. The first kappa shape index (κ1) is 10.3. The highest BCUT2D eigenvalue weighted by Crippen LogP contribution is 2.37. The number of rotatable bonds is 2. The van der Waals surface area contributed by atoms with Crippen LogP contribution in [0, 0.1) is 11.8 Å². The van der Waals surface area contributed by atoms with Gasteiger partial charge in [0.15, 0.2) is 0 Å². The Morgan fingerprint density at radius 2 is 1.94 bits per heavy atom. The van der Waals surface area contributed by atoms with Crippen LogP contribution in [0.5, 0.6) is 0 Å². The molecule has 1 aromatic rings. The van der Waals surface area contributed by atoms with Crippen molar-refractivity contribution >= 4 is 11.8 Å². The number of Topliss-reactive ketones (excluding diaryl/α,β-unsaturated/α-hetero) is 1. The lowest BCUT2D eigenvalue weighted by Gasteiger charge is -2.17. The second-order valence-corrected chi connectivity index (χ2v) is 4.47. The van der Waals surface area contributed by atoms with Crippen LogP contribution in [0.3, 0.4) is 0 Å². The summed E-state index contributed by atoms with van der Waals surface area (Å²) in [6, 6.07) is 8.87. The zero-order chi connectivity index (χ0) is 11.8. The number of ketones is 1. The maximum absolute atomic E-state index is 11.8. The van der Waals surface area contributed by atoms with Crippen molar-refractivity contribution in [3.05, 3.63) is 48.0 Å². The second kappa shape index (κ2) is 3.84. The fraction of sp³-hybridized carbons (Fsp3) is 0.286. The van der Waals surface area contributed by atoms with Gasteiger partial charge in [-0.2, -0.15) is 0 Å². The SMILES string of the molecule is O=C(O[C@@H]1C[C@@H]2C=C[C@H]1C2=O)c1ccccc1. The molecule has 1 saturated carbocycles. The molecule has 2 aliphatic carbocycles. The van der Waals surface area contributed by atoms with Crippen molar-refractivity contribution in [2.75, 3.05) is 0 Å². The molecular weight excluding hydrogens is 216 g/mol. The maximum atomic E-state index is 11.8. The lowest BCUT2D eigenvalue weighted by atomic mass is 10.0. The van der Waals surface area contributed by atoms with Crippen LogP contribution >= 0.6 is 0 Å². The summed E-state index contributed by atoms with van der Waals surface area (Å²) >= 11 is 0. The Labute approximate surface area is 99.1 Å². The molecule has 0 unspecified atom stereocenters. The highest BCUT2D eigenvalue weighted by Gasteiger charge is 2.45. The third kappa shape index (κ3) is 1.68. The minimum absolute atomic E-state index is 0.0337. The number of hydrogen-bond donors (Lipinski definition) is 0. The Bertz CT molecular complexity index is 489. The van der Waals surface area contributed by atoms with E-state index in [0.717, 1.165) is 0 Å². The monoisotopic (exact) mass is 228 g/mol. The van der Waals surface area contributed by atoms with Crippen LogP contribution in [-0.4, -0.2) is 17.9 Å². The molecule has 0 spiro atoms. The molecule has 2 aliphatic rings. The zero-order valence-electron chi connectivity index (χ0n) is 9.21. The highest BCUT2D eigenvalue weighted by atomic mass is 16.5. The van der Waals surface area contributed by atoms with E-state index in [1.807, 2.05) is 18.2 Å². The van der Waals surface area contributed by atoms with E-state index >= 15 is 0 Å². The minimum Gasteiger partial charge on any atom is -0.458 e. The van der Waals surface area contributed by atoms with E-state index in [2.05, 4.69) is 0 Å². The van der Waals surface area contributed by atoms with Gasteiger partial charge in [-0.05, 0) is 18.6 Å². The number of ether oxygens (including phenoxy) is 1. The molecule has 1 fully saturated rings. The number of allylic oxidation sites excluding steroid dienone is 1. The van der Waals surface area contributed by atoms with Crippen LogP contribution in [0.2, 0.25) is 0 Å². The molecule has 3 atom stereocenters. The number of esters is 1. The predicted molar refractivity (Wildman–Crippen MR) is 61.4 cm³/mol. The quantitative estimate of drug-likeness (QED) is 0.574. The summed E-state index contributed by atoms with van der Waals surface area (Å²) in [7, 11) is 0. The van der Waals surface area contributed by atoms with Gasteiger partial charge in [0.1, 0.15) is 11.9 Å². The number of carbonyl (C=O) groups excluding carboxylic acids is 2. The molecular formula is C14H12O3. The highest BCUT2D eigenvalue weighted by molar-refractivity contribution is 5.94. The third-order valence-corrected chi connectivity index (χ3v) is 3.40. The standard InChI is InChI=1S/C14H12O3/c15-13-10-6-7-11(13)12(8-10)17-14(16)9-4-2-1-3-5-9/h1-7,10-12H,8H2/t10-,11+,12+/m0/s1. The topological polar surface area (TPSA) is 43.4 Å². The summed E-state index contributed by atoms with van der Waals surface area (Å²) in [4.78, 5) is 23.5. The summed E-state index contributed by atoms with van der Waals surface area (Å²) < 4.78 is 5.39. The normalized spacial score (nSPS) is 29.6. The van der Waals surface area contributed by atoms with E-state index in [1.165, 1.54) is 0 Å². The molecule has 17 heavy (non-hydrogen) atoms. The number of benzene rings is 1. The summed E-state index contributed by atoms with van der Waals surface area (Å²) in [5, 5.41) is 0. The molecule has 3 rings (SSSR count). The summed E-state index contributed by atoms with van der Waals surface area (Å²) in [6.07, 6.45) is 4.14. The van der Waals surface area contributed by atoms with Crippen molar-refractivity contribution in [3.63, 3.8) is 0 Å². The number of hydrogen-bond acceptors (Lipinski definition) is 3. The first-order chi connectivity index (χ1) is 8.25. The van der Waals surface area contributed by atoms with E-state index in [0.29, 0.717) is 12.0 Å². The molecule has 0 aliphatic heterocycles. The second-order valence-electron chi connectivity index (χ2n) is 4.47. The van der Waals surface area contributed by atoms with Crippen LogP contribution in [0.15, 0.2) is 42.5 Å². The zero-order valence-corrected chi connectivity index (χ0v) is 9.21. The number of fused-ring (bicyclic) bond motifs is 2. The van der Waals surface area contributed by atoms with E-state index in [9.17, 15) is 9.59 Å². The summed E-state index contributed by atoms with van der Waals surface area (Å²) in [5.41, 5.74) is 0.534. The Balaban J connectivity index is 1.71. The van der Waals surface area contributed by atoms with Crippen LogP contribution < -0.4 is 0 Å². The van der Waals surface area contributed by atoms with Crippen molar-refractivity contribution < 1.29 is 14.3 Å². The Kier molecular flexibility index (Phi) is 2.32. The third-order valence-electron chi connectivity index (χ3n) is 3.40. The van der Waals surface area contributed by atoms with Gasteiger partial charge in [-0.3, -0.25) is 4.79 Å². The first-order valence-corrected chi connectivity index (χ1v) is 5.74. The van der Waals surface area contributed by atoms with Crippen LogP contribution in [0.25, 0.3) is 0 Å². The molecule has 3 heteroatoms. The Morgan fingerprint density at radius 3 is 2.53 bits per heavy atom. The average Bonchev–Trinajstić information content (AvgIpc) is 2.86. The van der Waals surface area contributed by atoms with Crippen molar-refractivity contribution in [2.24, 2.45) is 11.8 Å². The fourth-order valence-electron chi connectivity index (χ4n) is 2.49. The van der Waals surface area contributed by atoms with E-state index in [-0.39, 0.29) is 29.7 Å². The maximum Gasteiger partial charge on any atom is 0.338 e. The summed E-state index contributed by atoms with van der Waals surface area (Å²) in [6.45, 7) is 0. The van der Waals surface area contributed by atoms with Crippen molar-refractivity contribution in [1.29, 1.82) is 0 Å². The van der Waals surface area contributed by atoms with Crippen molar-refractivity contribution in [2.45, 2.75) is 12.5 Å². The minimum atomic E-state index is -0.343. The van der Waals surface area contributed by atoms with E-state index in [1.54, 1.807) is 24.3 Å². The largest absolute Gasteiger partial charge is 0.458 e. The molecule has 2 bridgehead atoms. The Morgan fingerprint density at radius 1 is 1.18 bits per heavy atom. The molecule has 0 aromatic heterocycles. The van der Waals surface area contributed by atoms with Gasteiger partial charge in [0.2, 0.25) is 0 Å². The molecule has 1 aromatic carbocycles. The van der Waals surface area contributed by atoms with E-state index in [4.69, 9.17) is 4.74 Å². The lowest BCUT2D eigenvalue weighted by molar-refractivity contribution is -0.121. The van der Waals surface area contributed by atoms with E-state index < -0.39 is 0 Å². The first-order valence-electron chi connectivity index (χ1n) is 5.74. The molecule has 0 radical (unpaired) electrons. The van der Waals surface area contributed by atoms with Gasteiger partial charge in [-0.15, -0.1) is 0 Å². The average molecular weight is 228 g/mol. The number of carbonyl (C=O) groups is 2. The molecule has 0 N–H and O–H groups in total. The van der Waals surface area contributed by atoms with Gasteiger partial charge in [0.05, 0.1) is 11.5 Å². The molecule has 86 valence electrons. The van der Waals surface area contributed by atoms with Crippen LogP contribution in [0.4, 0.5) is 0 Å². The lowest BCUT2D eigenvalue weighted by Crippen LogP contribution is -2.23. The van der Waals surface area contributed by atoms with Gasteiger partial charge in [-0.1, -0.05) is 30.4 Å². The molecule has 0 amide bonds. The van der Waals surface area contributed by atoms with Crippen LogP contribution in [0.1, 0.15) is 16.8 Å².